The monoisotopic (exact) mass is 204 g/mol. The van der Waals surface area contributed by atoms with Crippen molar-refractivity contribution in [3.05, 3.63) is 48.0 Å². The maximum absolute atomic E-state index is 2.37. The summed E-state index contributed by atoms with van der Waals surface area (Å²) in [5, 5.41) is 0.754. The van der Waals surface area contributed by atoms with Crippen LogP contribution in [0.15, 0.2) is 42.5 Å². The van der Waals surface area contributed by atoms with Crippen LogP contribution in [0.25, 0.3) is 0 Å². The van der Waals surface area contributed by atoms with Gasteiger partial charge in [-0.1, -0.05) is 42.5 Å². The second kappa shape index (κ2) is 5.26. The summed E-state index contributed by atoms with van der Waals surface area (Å²) in [6.45, 7) is 0. The van der Waals surface area contributed by atoms with Crippen LogP contribution >= 0.6 is 11.8 Å². The number of hydrogen-bond acceptors (Lipinski definition) is 1. The summed E-state index contributed by atoms with van der Waals surface area (Å²) >= 11 is 2.06. The van der Waals surface area contributed by atoms with Crippen molar-refractivity contribution in [2.45, 2.75) is 30.3 Å². The molecular weight excluding hydrogens is 188 g/mol. The Hall–Kier alpha value is -0.690. The van der Waals surface area contributed by atoms with E-state index in [-0.39, 0.29) is 0 Å². The highest BCUT2D eigenvalue weighted by molar-refractivity contribution is 7.99. The molecule has 0 fully saturated rings. The molecule has 0 saturated carbocycles. The minimum Gasteiger partial charge on any atom is -0.150 e. The molecule has 0 heterocycles. The predicted molar refractivity (Wildman–Crippen MR) is 64.5 cm³/mol. The molecule has 1 aromatic rings. The van der Waals surface area contributed by atoms with E-state index in [0.717, 1.165) is 11.0 Å². The topological polar surface area (TPSA) is 0 Å². The van der Waals surface area contributed by atoms with E-state index >= 15 is 0 Å². The fourth-order valence-electron chi connectivity index (χ4n) is 1.70. The van der Waals surface area contributed by atoms with Crippen LogP contribution in [0, 0.1) is 0 Å². The Bertz CT molecular complexity index is 289. The average molecular weight is 204 g/mol. The van der Waals surface area contributed by atoms with Gasteiger partial charge >= 0.3 is 0 Å². The summed E-state index contributed by atoms with van der Waals surface area (Å²) in [6, 6.07) is 10.7. The normalized spacial score (nSPS) is 21.0. The lowest BCUT2D eigenvalue weighted by atomic mass is 10.1. The van der Waals surface area contributed by atoms with E-state index in [2.05, 4.69) is 54.2 Å². The molecule has 1 atom stereocenters. The van der Waals surface area contributed by atoms with Crippen LogP contribution in [0.3, 0.4) is 0 Å². The molecule has 2 rings (SSSR count). The molecule has 1 unspecified atom stereocenters. The lowest BCUT2D eigenvalue weighted by Gasteiger charge is -2.15. The fraction of sp³-hybridized carbons (Fsp3) is 0.385. The summed E-state index contributed by atoms with van der Waals surface area (Å²) in [4.78, 5) is 0. The van der Waals surface area contributed by atoms with Gasteiger partial charge in [0, 0.05) is 11.0 Å². The zero-order chi connectivity index (χ0) is 9.64. The zero-order valence-corrected chi connectivity index (χ0v) is 9.17. The molecule has 14 heavy (non-hydrogen) atoms. The predicted octanol–water partition coefficient (Wildman–Crippen LogP) is 4.03. The summed E-state index contributed by atoms with van der Waals surface area (Å²) in [6.07, 6.45) is 8.70. The number of hydrogen-bond donors (Lipinski definition) is 0. The van der Waals surface area contributed by atoms with E-state index in [0.29, 0.717) is 0 Å². The van der Waals surface area contributed by atoms with E-state index in [1.165, 1.54) is 24.8 Å². The van der Waals surface area contributed by atoms with E-state index in [1.54, 1.807) is 0 Å². The SMILES string of the molecule is C1=CC(SCc2ccccc2)CCC1. The molecule has 0 saturated heterocycles. The van der Waals surface area contributed by atoms with E-state index in [9.17, 15) is 0 Å². The van der Waals surface area contributed by atoms with Crippen molar-refractivity contribution in [3.8, 4) is 0 Å². The first-order valence-corrected chi connectivity index (χ1v) is 6.32. The highest BCUT2D eigenvalue weighted by Crippen LogP contribution is 2.25. The fourth-order valence-corrected chi connectivity index (χ4v) is 2.85. The van der Waals surface area contributed by atoms with Crippen LogP contribution in [0.5, 0.6) is 0 Å². The zero-order valence-electron chi connectivity index (χ0n) is 8.36. The standard InChI is InChI=1S/C13H16S/c1-3-7-12(8-4-1)11-14-13-9-5-2-6-10-13/h1,3-5,7-9,13H,2,6,10-11H2. The number of benzene rings is 1. The molecule has 0 N–H and O–H groups in total. The van der Waals surface area contributed by atoms with E-state index in [1.807, 2.05) is 0 Å². The minimum absolute atomic E-state index is 0.754. The Morgan fingerprint density at radius 1 is 1.21 bits per heavy atom. The van der Waals surface area contributed by atoms with Crippen LogP contribution in [0.2, 0.25) is 0 Å². The van der Waals surface area contributed by atoms with Gasteiger partial charge in [-0.2, -0.15) is 0 Å². The van der Waals surface area contributed by atoms with Gasteiger partial charge in [0.25, 0.3) is 0 Å². The van der Waals surface area contributed by atoms with Crippen LogP contribution < -0.4 is 0 Å². The molecule has 1 aliphatic rings. The van der Waals surface area contributed by atoms with Crippen molar-refractivity contribution in [1.29, 1.82) is 0 Å². The highest BCUT2D eigenvalue weighted by Gasteiger charge is 2.08. The molecule has 0 bridgehead atoms. The van der Waals surface area contributed by atoms with Crippen molar-refractivity contribution >= 4 is 11.8 Å². The molecule has 1 aliphatic carbocycles. The van der Waals surface area contributed by atoms with Gasteiger partial charge in [-0.25, -0.2) is 0 Å². The van der Waals surface area contributed by atoms with Crippen LogP contribution in [0.4, 0.5) is 0 Å². The van der Waals surface area contributed by atoms with Crippen LogP contribution in [-0.2, 0) is 5.75 Å². The third-order valence-electron chi connectivity index (χ3n) is 2.52. The van der Waals surface area contributed by atoms with Gasteiger partial charge in [0.1, 0.15) is 0 Å². The average Bonchev–Trinajstić information content (AvgIpc) is 2.29. The summed E-state index contributed by atoms with van der Waals surface area (Å²) in [5.74, 6) is 1.15. The summed E-state index contributed by atoms with van der Waals surface area (Å²) in [7, 11) is 0. The number of allylic oxidation sites excluding steroid dienone is 1. The number of rotatable bonds is 3. The molecule has 0 radical (unpaired) electrons. The number of thioether (sulfide) groups is 1. The first-order chi connectivity index (χ1) is 6.95. The minimum atomic E-state index is 0.754. The highest BCUT2D eigenvalue weighted by atomic mass is 32.2. The first-order valence-electron chi connectivity index (χ1n) is 5.27. The van der Waals surface area contributed by atoms with Gasteiger partial charge < -0.3 is 0 Å². The Morgan fingerprint density at radius 3 is 2.79 bits per heavy atom. The second-order valence-electron chi connectivity index (χ2n) is 3.69. The maximum atomic E-state index is 2.37. The summed E-state index contributed by atoms with van der Waals surface area (Å²) < 4.78 is 0. The van der Waals surface area contributed by atoms with Crippen molar-refractivity contribution in [2.75, 3.05) is 0 Å². The van der Waals surface area contributed by atoms with Gasteiger partial charge in [0.15, 0.2) is 0 Å². The largest absolute Gasteiger partial charge is 0.150 e. The lowest BCUT2D eigenvalue weighted by Crippen LogP contribution is -2.02. The second-order valence-corrected chi connectivity index (χ2v) is 4.92. The third kappa shape index (κ3) is 2.91. The molecule has 0 spiro atoms. The third-order valence-corrected chi connectivity index (χ3v) is 3.84. The summed E-state index contributed by atoms with van der Waals surface area (Å²) in [5.41, 5.74) is 1.44. The van der Waals surface area contributed by atoms with Crippen molar-refractivity contribution in [1.82, 2.24) is 0 Å². The molecule has 0 nitrogen and oxygen atoms in total. The molecule has 74 valence electrons. The molecule has 0 aliphatic heterocycles. The van der Waals surface area contributed by atoms with Crippen LogP contribution in [-0.4, -0.2) is 5.25 Å². The molecule has 1 heteroatoms. The first kappa shape index (κ1) is 9.85. The van der Waals surface area contributed by atoms with Crippen molar-refractivity contribution in [2.24, 2.45) is 0 Å². The molecular formula is C13H16S. The van der Waals surface area contributed by atoms with Gasteiger partial charge in [-0.3, -0.25) is 0 Å². The molecule has 0 aromatic heterocycles. The van der Waals surface area contributed by atoms with Crippen molar-refractivity contribution in [3.63, 3.8) is 0 Å². The van der Waals surface area contributed by atoms with Crippen LogP contribution in [0.1, 0.15) is 24.8 Å². The van der Waals surface area contributed by atoms with Gasteiger partial charge in [-0.05, 0) is 24.8 Å². The van der Waals surface area contributed by atoms with Gasteiger partial charge in [-0.15, -0.1) is 11.8 Å². The Balaban J connectivity index is 1.82. The quantitative estimate of drug-likeness (QED) is 0.670. The lowest BCUT2D eigenvalue weighted by molar-refractivity contribution is 0.741. The van der Waals surface area contributed by atoms with E-state index < -0.39 is 0 Å². The Morgan fingerprint density at radius 2 is 2.07 bits per heavy atom. The van der Waals surface area contributed by atoms with Gasteiger partial charge in [0.05, 0.1) is 0 Å². The molecule has 1 aromatic carbocycles. The Kier molecular flexibility index (Phi) is 3.70. The van der Waals surface area contributed by atoms with E-state index in [4.69, 9.17) is 0 Å². The Labute approximate surface area is 90.4 Å². The van der Waals surface area contributed by atoms with Crippen molar-refractivity contribution < 1.29 is 0 Å². The molecule has 0 amide bonds. The maximum Gasteiger partial charge on any atom is 0.0230 e. The van der Waals surface area contributed by atoms with Gasteiger partial charge in [0.2, 0.25) is 0 Å². The smallest absolute Gasteiger partial charge is 0.0230 e.